The van der Waals surface area contributed by atoms with E-state index in [1.807, 2.05) is 6.92 Å². The molecule has 1 aliphatic heterocycles. The molecular formula is C28H34F2N4O4. The van der Waals surface area contributed by atoms with E-state index in [1.165, 1.54) is 18.1 Å². The van der Waals surface area contributed by atoms with Crippen molar-refractivity contribution in [1.82, 2.24) is 14.8 Å². The van der Waals surface area contributed by atoms with Gasteiger partial charge in [0.2, 0.25) is 5.88 Å². The van der Waals surface area contributed by atoms with Gasteiger partial charge in [0, 0.05) is 43.8 Å². The molecule has 3 rings (SSSR count). The molecule has 0 saturated heterocycles. The maximum absolute atomic E-state index is 14.0. The molecule has 1 aromatic carbocycles. The van der Waals surface area contributed by atoms with Crippen molar-refractivity contribution in [2.75, 3.05) is 32.1 Å². The number of amides is 3. The minimum Gasteiger partial charge on any atom is -0.472 e. The third-order valence-corrected chi connectivity index (χ3v) is 6.23. The molecule has 1 aromatic heterocycles. The maximum Gasteiger partial charge on any atom is 0.321 e. The Bertz CT molecular complexity index is 1230. The molecule has 10 heteroatoms. The lowest BCUT2D eigenvalue weighted by atomic mass is 10.00. The molecule has 0 saturated carbocycles. The fraction of sp³-hybridized carbons (Fsp3) is 0.464. The topological polar surface area (TPSA) is 95.0 Å². The number of fused-ring (bicyclic) bond motifs is 1. The van der Waals surface area contributed by atoms with Crippen LogP contribution >= 0.6 is 0 Å². The number of benzene rings is 1. The standard InChI is InChI=1S/C28H34F2N4O4/c1-17(2)7-6-8-20-11-22-26(31-13-20)38-25(18(3)14-34(27(22)36)19(4)16-35)15-33(5)28(37)32-24-12-21(29)9-10-23(24)30/h9-13,17-19,25,35H,7,14-16H2,1-5H3,(H,32,37)/t18-,19-,25+/m0/s1. The second-order valence-electron chi connectivity index (χ2n) is 10.0. The molecule has 3 amide bonds. The molecule has 0 spiro atoms. The first-order valence-corrected chi connectivity index (χ1v) is 12.5. The first kappa shape index (κ1) is 28.9. The summed E-state index contributed by atoms with van der Waals surface area (Å²) < 4.78 is 33.7. The highest BCUT2D eigenvalue weighted by Gasteiger charge is 2.34. The quantitative estimate of drug-likeness (QED) is 0.550. The number of anilines is 1. The third kappa shape index (κ3) is 7.19. The van der Waals surface area contributed by atoms with Crippen LogP contribution in [0.3, 0.4) is 0 Å². The van der Waals surface area contributed by atoms with Crippen LogP contribution in [0.2, 0.25) is 0 Å². The second-order valence-corrected chi connectivity index (χ2v) is 10.0. The molecule has 38 heavy (non-hydrogen) atoms. The van der Waals surface area contributed by atoms with E-state index in [1.54, 1.807) is 17.9 Å². The van der Waals surface area contributed by atoms with Crippen LogP contribution in [0, 0.1) is 35.3 Å². The van der Waals surface area contributed by atoms with Crippen molar-refractivity contribution >= 4 is 17.6 Å². The zero-order valence-corrected chi connectivity index (χ0v) is 22.3. The van der Waals surface area contributed by atoms with Crippen LogP contribution in [-0.4, -0.2) is 70.7 Å². The summed E-state index contributed by atoms with van der Waals surface area (Å²) in [6.07, 6.45) is 1.63. The highest BCUT2D eigenvalue weighted by Crippen LogP contribution is 2.27. The van der Waals surface area contributed by atoms with Crippen LogP contribution in [0.25, 0.3) is 0 Å². The number of aliphatic hydroxyl groups excluding tert-OH is 1. The summed E-state index contributed by atoms with van der Waals surface area (Å²) in [7, 11) is 1.50. The molecule has 0 radical (unpaired) electrons. The fourth-order valence-electron chi connectivity index (χ4n) is 3.90. The molecule has 0 fully saturated rings. The molecule has 0 unspecified atom stereocenters. The molecular weight excluding hydrogens is 494 g/mol. The number of urea groups is 1. The van der Waals surface area contributed by atoms with Crippen molar-refractivity contribution in [3.63, 3.8) is 0 Å². The van der Waals surface area contributed by atoms with Crippen molar-refractivity contribution in [3.8, 4) is 17.7 Å². The van der Waals surface area contributed by atoms with Crippen LogP contribution in [0.1, 0.15) is 50.0 Å². The number of nitrogens with zero attached hydrogens (tertiary/aromatic N) is 3. The minimum absolute atomic E-state index is 0.0660. The van der Waals surface area contributed by atoms with Gasteiger partial charge < -0.3 is 25.0 Å². The first-order valence-electron chi connectivity index (χ1n) is 12.5. The monoisotopic (exact) mass is 528 g/mol. The minimum atomic E-state index is -0.763. The van der Waals surface area contributed by atoms with E-state index in [2.05, 4.69) is 36.0 Å². The molecule has 1 aliphatic rings. The van der Waals surface area contributed by atoms with Crippen LogP contribution in [0.5, 0.6) is 5.88 Å². The van der Waals surface area contributed by atoms with Gasteiger partial charge in [-0.2, -0.15) is 0 Å². The van der Waals surface area contributed by atoms with Crippen molar-refractivity contribution in [3.05, 3.63) is 53.2 Å². The van der Waals surface area contributed by atoms with Crippen molar-refractivity contribution < 1.29 is 28.2 Å². The lowest BCUT2D eigenvalue weighted by Crippen LogP contribution is -2.50. The Hall–Kier alpha value is -3.71. The number of pyridine rings is 1. The number of halogens is 2. The van der Waals surface area contributed by atoms with Gasteiger partial charge in [-0.1, -0.05) is 32.6 Å². The Morgan fingerprint density at radius 3 is 2.74 bits per heavy atom. The average molecular weight is 529 g/mol. The van der Waals surface area contributed by atoms with E-state index in [9.17, 15) is 23.5 Å². The van der Waals surface area contributed by atoms with Gasteiger partial charge in [0.25, 0.3) is 5.91 Å². The van der Waals surface area contributed by atoms with Crippen LogP contribution in [0.15, 0.2) is 30.5 Å². The number of rotatable bonds is 6. The SMILES string of the molecule is CC(C)CC#Cc1cnc2c(c1)C(=O)N([C@@H](C)CO)C[C@H](C)[C@@H](CN(C)C(=O)Nc1cc(F)ccc1F)O2. The fourth-order valence-corrected chi connectivity index (χ4v) is 3.90. The number of carbonyl (C=O) groups is 2. The number of aromatic nitrogens is 1. The van der Waals surface area contributed by atoms with Crippen LogP contribution in [-0.2, 0) is 0 Å². The number of carbonyl (C=O) groups excluding carboxylic acids is 2. The van der Waals surface area contributed by atoms with E-state index >= 15 is 0 Å². The Kier molecular flexibility index (Phi) is 9.64. The summed E-state index contributed by atoms with van der Waals surface area (Å²) in [5.74, 6) is 4.57. The average Bonchev–Trinajstić information content (AvgIpc) is 2.87. The molecule has 2 heterocycles. The van der Waals surface area contributed by atoms with Gasteiger partial charge in [-0.15, -0.1) is 0 Å². The Morgan fingerprint density at radius 2 is 2.05 bits per heavy atom. The Labute approximate surface area is 222 Å². The molecule has 8 nitrogen and oxygen atoms in total. The molecule has 2 aromatic rings. The van der Waals surface area contributed by atoms with Gasteiger partial charge in [-0.3, -0.25) is 4.79 Å². The van der Waals surface area contributed by atoms with Gasteiger partial charge in [0.1, 0.15) is 23.3 Å². The van der Waals surface area contributed by atoms with E-state index in [0.29, 0.717) is 17.9 Å². The highest BCUT2D eigenvalue weighted by atomic mass is 19.1. The molecule has 0 bridgehead atoms. The molecule has 2 N–H and O–H groups in total. The van der Waals surface area contributed by atoms with Crippen molar-refractivity contribution in [2.24, 2.45) is 11.8 Å². The third-order valence-electron chi connectivity index (χ3n) is 6.23. The molecule has 204 valence electrons. The molecule has 0 aliphatic carbocycles. The summed E-state index contributed by atoms with van der Waals surface area (Å²) in [6.45, 7) is 7.82. The lowest BCUT2D eigenvalue weighted by molar-refractivity contribution is 0.0356. The summed E-state index contributed by atoms with van der Waals surface area (Å²) in [4.78, 5) is 33.5. The zero-order chi connectivity index (χ0) is 28.0. The number of likely N-dealkylation sites (N-methyl/N-ethyl adjacent to an activating group) is 1. The Balaban J connectivity index is 1.88. The van der Waals surface area contributed by atoms with Crippen molar-refractivity contribution in [2.45, 2.75) is 46.3 Å². The number of hydrogen-bond acceptors (Lipinski definition) is 5. The molecule has 3 atom stereocenters. The van der Waals surface area contributed by atoms with Gasteiger partial charge in [0.15, 0.2) is 0 Å². The first-order chi connectivity index (χ1) is 18.0. The van der Waals surface area contributed by atoms with Gasteiger partial charge in [-0.05, 0) is 31.0 Å². The van der Waals surface area contributed by atoms with E-state index in [-0.39, 0.29) is 48.7 Å². The smallest absolute Gasteiger partial charge is 0.321 e. The van der Waals surface area contributed by atoms with E-state index in [4.69, 9.17) is 4.74 Å². The zero-order valence-electron chi connectivity index (χ0n) is 22.3. The summed E-state index contributed by atoms with van der Waals surface area (Å²) in [6, 6.07) is 3.30. The van der Waals surface area contributed by atoms with E-state index < -0.39 is 29.8 Å². The normalized spacial score (nSPS) is 17.9. The highest BCUT2D eigenvalue weighted by molar-refractivity contribution is 5.97. The largest absolute Gasteiger partial charge is 0.472 e. The number of nitrogens with one attached hydrogen (secondary N) is 1. The summed E-state index contributed by atoms with van der Waals surface area (Å²) >= 11 is 0. The summed E-state index contributed by atoms with van der Waals surface area (Å²) in [5.41, 5.74) is 0.504. The Morgan fingerprint density at radius 1 is 1.32 bits per heavy atom. The van der Waals surface area contributed by atoms with Crippen LogP contribution < -0.4 is 10.1 Å². The van der Waals surface area contributed by atoms with Gasteiger partial charge in [-0.25, -0.2) is 18.6 Å². The van der Waals surface area contributed by atoms with E-state index in [0.717, 1.165) is 18.2 Å². The van der Waals surface area contributed by atoms with Gasteiger partial charge >= 0.3 is 6.03 Å². The van der Waals surface area contributed by atoms with Crippen molar-refractivity contribution in [1.29, 1.82) is 0 Å². The maximum atomic E-state index is 14.0. The predicted molar refractivity (Wildman–Crippen MR) is 140 cm³/mol. The number of ether oxygens (including phenoxy) is 1. The predicted octanol–water partition coefficient (Wildman–Crippen LogP) is 4.14. The summed E-state index contributed by atoms with van der Waals surface area (Å²) in [5, 5.41) is 12.2. The number of hydrogen-bond donors (Lipinski definition) is 2. The van der Waals surface area contributed by atoms with Crippen LogP contribution in [0.4, 0.5) is 19.3 Å². The number of aliphatic hydroxyl groups is 1. The second kappa shape index (κ2) is 12.7. The lowest BCUT2D eigenvalue weighted by Gasteiger charge is -2.37. The van der Waals surface area contributed by atoms with Gasteiger partial charge in [0.05, 0.1) is 24.9 Å².